The Bertz CT molecular complexity index is 676. The Balaban J connectivity index is 1.81. The van der Waals surface area contributed by atoms with Crippen LogP contribution in [0.1, 0.15) is 30.3 Å². The Morgan fingerprint density at radius 2 is 1.96 bits per heavy atom. The van der Waals surface area contributed by atoms with Crippen LogP contribution in [0.15, 0.2) is 40.2 Å². The molecule has 2 aromatic rings. The Hall–Kier alpha value is -1.95. The summed E-state index contributed by atoms with van der Waals surface area (Å²) in [4.78, 5) is 5.95. The number of guanidine groups is 1. The van der Waals surface area contributed by atoms with Crippen LogP contribution >= 0.6 is 11.8 Å². The maximum absolute atomic E-state index is 4.67. The minimum Gasteiger partial charge on any atom is -0.357 e. The molecule has 1 heterocycles. The molecule has 1 aromatic heterocycles. The van der Waals surface area contributed by atoms with E-state index in [0.717, 1.165) is 37.7 Å². The standard InChI is InChI=1S/C19H29N5S/c1-5-20-19(22-14-17-7-9-18(25-4)10-8-17)21-11-6-12-24-16(3)13-15(2)23-24/h7-10,13H,5-6,11-12,14H2,1-4H3,(H2,20,21,22). The second kappa shape index (κ2) is 10.1. The Morgan fingerprint density at radius 3 is 2.56 bits per heavy atom. The summed E-state index contributed by atoms with van der Waals surface area (Å²) in [5.74, 6) is 0.866. The highest BCUT2D eigenvalue weighted by Crippen LogP contribution is 2.15. The minimum absolute atomic E-state index is 0.682. The number of aromatic nitrogens is 2. The van der Waals surface area contributed by atoms with Crippen molar-refractivity contribution in [3.63, 3.8) is 0 Å². The Morgan fingerprint density at radius 1 is 1.20 bits per heavy atom. The van der Waals surface area contributed by atoms with Gasteiger partial charge < -0.3 is 10.6 Å². The molecule has 2 rings (SSSR count). The lowest BCUT2D eigenvalue weighted by Gasteiger charge is -2.12. The highest BCUT2D eigenvalue weighted by atomic mass is 32.2. The predicted molar refractivity (Wildman–Crippen MR) is 107 cm³/mol. The highest BCUT2D eigenvalue weighted by molar-refractivity contribution is 7.98. The molecule has 0 aliphatic heterocycles. The van der Waals surface area contributed by atoms with Gasteiger partial charge in [0.25, 0.3) is 0 Å². The second-order valence-electron chi connectivity index (χ2n) is 5.97. The lowest BCUT2D eigenvalue weighted by Crippen LogP contribution is -2.38. The average Bonchev–Trinajstić information content (AvgIpc) is 2.94. The van der Waals surface area contributed by atoms with E-state index >= 15 is 0 Å². The van der Waals surface area contributed by atoms with Gasteiger partial charge in [-0.05, 0) is 57.2 Å². The Labute approximate surface area is 155 Å². The fraction of sp³-hybridized carbons (Fsp3) is 0.474. The van der Waals surface area contributed by atoms with Gasteiger partial charge in [-0.25, -0.2) is 4.99 Å². The van der Waals surface area contributed by atoms with Crippen LogP contribution in [0.5, 0.6) is 0 Å². The molecule has 0 spiro atoms. The first-order valence-corrected chi connectivity index (χ1v) is 10.0. The summed E-state index contributed by atoms with van der Waals surface area (Å²) in [6.07, 6.45) is 3.10. The zero-order valence-electron chi connectivity index (χ0n) is 15.7. The monoisotopic (exact) mass is 359 g/mol. The van der Waals surface area contributed by atoms with Crippen molar-refractivity contribution in [2.45, 2.75) is 45.2 Å². The van der Waals surface area contributed by atoms with Gasteiger partial charge in [0.2, 0.25) is 0 Å². The number of aliphatic imine (C=N–C) groups is 1. The lowest BCUT2D eigenvalue weighted by molar-refractivity contribution is 0.555. The number of hydrogen-bond acceptors (Lipinski definition) is 3. The predicted octanol–water partition coefficient (Wildman–Crippen LogP) is 3.37. The fourth-order valence-corrected chi connectivity index (χ4v) is 2.99. The van der Waals surface area contributed by atoms with E-state index in [1.807, 2.05) is 6.92 Å². The number of thioether (sulfide) groups is 1. The van der Waals surface area contributed by atoms with E-state index in [1.54, 1.807) is 11.8 Å². The molecule has 0 aliphatic rings. The first kappa shape index (κ1) is 19.4. The lowest BCUT2D eigenvalue weighted by atomic mass is 10.2. The van der Waals surface area contributed by atoms with E-state index in [0.29, 0.717) is 6.54 Å². The van der Waals surface area contributed by atoms with Gasteiger partial charge in [0.1, 0.15) is 0 Å². The van der Waals surface area contributed by atoms with Crippen molar-refractivity contribution < 1.29 is 0 Å². The Kier molecular flexibility index (Phi) is 7.85. The van der Waals surface area contributed by atoms with Crippen LogP contribution in [0.2, 0.25) is 0 Å². The van der Waals surface area contributed by atoms with Gasteiger partial charge in [-0.2, -0.15) is 5.10 Å². The largest absolute Gasteiger partial charge is 0.357 e. The van der Waals surface area contributed by atoms with Gasteiger partial charge in [0, 0.05) is 30.2 Å². The summed E-state index contributed by atoms with van der Waals surface area (Å²) >= 11 is 1.76. The molecule has 0 radical (unpaired) electrons. The summed E-state index contributed by atoms with van der Waals surface area (Å²) < 4.78 is 2.06. The van der Waals surface area contributed by atoms with Gasteiger partial charge >= 0.3 is 0 Å². The minimum atomic E-state index is 0.682. The van der Waals surface area contributed by atoms with Crippen LogP contribution in [0.4, 0.5) is 0 Å². The van der Waals surface area contributed by atoms with Gasteiger partial charge in [-0.1, -0.05) is 12.1 Å². The molecule has 0 saturated heterocycles. The molecule has 0 bridgehead atoms. The molecule has 1 aromatic carbocycles. The normalized spacial score (nSPS) is 11.6. The summed E-state index contributed by atoms with van der Waals surface area (Å²) in [7, 11) is 0. The molecule has 25 heavy (non-hydrogen) atoms. The van der Waals surface area contributed by atoms with Crippen LogP contribution in [0.3, 0.4) is 0 Å². The third-order valence-electron chi connectivity index (χ3n) is 3.87. The van der Waals surface area contributed by atoms with Crippen LogP contribution < -0.4 is 10.6 Å². The maximum atomic E-state index is 4.67. The number of aryl methyl sites for hydroxylation is 3. The van der Waals surface area contributed by atoms with Crippen molar-refractivity contribution in [2.24, 2.45) is 4.99 Å². The van der Waals surface area contributed by atoms with Crippen molar-refractivity contribution in [3.8, 4) is 0 Å². The third-order valence-corrected chi connectivity index (χ3v) is 4.61. The average molecular weight is 360 g/mol. The van der Waals surface area contributed by atoms with Crippen LogP contribution in [0, 0.1) is 13.8 Å². The molecule has 0 atom stereocenters. The van der Waals surface area contributed by atoms with Gasteiger partial charge in [0.05, 0.1) is 12.2 Å². The van der Waals surface area contributed by atoms with Crippen molar-refractivity contribution in [2.75, 3.05) is 19.3 Å². The van der Waals surface area contributed by atoms with E-state index in [4.69, 9.17) is 0 Å². The van der Waals surface area contributed by atoms with E-state index in [-0.39, 0.29) is 0 Å². The molecule has 0 saturated carbocycles. The van der Waals surface area contributed by atoms with Crippen molar-refractivity contribution in [1.29, 1.82) is 0 Å². The molecule has 6 heteroatoms. The van der Waals surface area contributed by atoms with Crippen LogP contribution in [0.25, 0.3) is 0 Å². The van der Waals surface area contributed by atoms with Gasteiger partial charge in [-0.3, -0.25) is 4.68 Å². The topological polar surface area (TPSA) is 54.2 Å². The van der Waals surface area contributed by atoms with Gasteiger partial charge in [-0.15, -0.1) is 11.8 Å². The molecule has 136 valence electrons. The van der Waals surface area contributed by atoms with E-state index in [9.17, 15) is 0 Å². The van der Waals surface area contributed by atoms with Crippen molar-refractivity contribution in [1.82, 2.24) is 20.4 Å². The summed E-state index contributed by atoms with van der Waals surface area (Å²) in [6.45, 7) is 9.54. The van der Waals surface area contributed by atoms with E-state index in [1.165, 1.54) is 16.2 Å². The van der Waals surface area contributed by atoms with Gasteiger partial charge in [0.15, 0.2) is 5.96 Å². The van der Waals surface area contributed by atoms with Crippen molar-refractivity contribution in [3.05, 3.63) is 47.3 Å². The molecule has 0 unspecified atom stereocenters. The highest BCUT2D eigenvalue weighted by Gasteiger charge is 2.01. The molecule has 0 aliphatic carbocycles. The fourth-order valence-electron chi connectivity index (χ4n) is 2.58. The quantitative estimate of drug-likeness (QED) is 0.328. The number of benzene rings is 1. The van der Waals surface area contributed by atoms with Crippen LogP contribution in [-0.2, 0) is 13.1 Å². The van der Waals surface area contributed by atoms with E-state index in [2.05, 4.69) is 75.8 Å². The molecule has 5 nitrogen and oxygen atoms in total. The first-order chi connectivity index (χ1) is 12.1. The first-order valence-electron chi connectivity index (χ1n) is 8.78. The van der Waals surface area contributed by atoms with Crippen LogP contribution in [-0.4, -0.2) is 35.1 Å². The number of rotatable bonds is 8. The molecule has 2 N–H and O–H groups in total. The molecular weight excluding hydrogens is 330 g/mol. The molecule has 0 fully saturated rings. The summed E-state index contributed by atoms with van der Waals surface area (Å²) in [5.41, 5.74) is 3.51. The maximum Gasteiger partial charge on any atom is 0.191 e. The zero-order chi connectivity index (χ0) is 18.1. The number of hydrogen-bond donors (Lipinski definition) is 2. The SMILES string of the molecule is CCNC(=NCc1ccc(SC)cc1)NCCCn1nc(C)cc1C. The van der Waals surface area contributed by atoms with Crippen molar-refractivity contribution >= 4 is 17.7 Å². The molecule has 0 amide bonds. The second-order valence-corrected chi connectivity index (χ2v) is 6.85. The molecular formula is C19H29N5S. The van der Waals surface area contributed by atoms with E-state index < -0.39 is 0 Å². The third kappa shape index (κ3) is 6.46. The summed E-state index contributed by atoms with van der Waals surface area (Å²) in [5, 5.41) is 11.2. The number of nitrogens with one attached hydrogen (secondary N) is 2. The zero-order valence-corrected chi connectivity index (χ0v) is 16.5. The summed E-state index contributed by atoms with van der Waals surface area (Å²) in [6, 6.07) is 10.7. The number of nitrogens with zero attached hydrogens (tertiary/aromatic N) is 3. The smallest absolute Gasteiger partial charge is 0.191 e.